The van der Waals surface area contributed by atoms with Gasteiger partial charge in [-0.15, -0.1) is 0 Å². The molecule has 0 aromatic rings. The molecular formula is C8H16O3. The molecule has 0 radical (unpaired) electrons. The summed E-state index contributed by atoms with van der Waals surface area (Å²) in [5.74, 6) is -0.526. The summed E-state index contributed by atoms with van der Waals surface area (Å²) in [6, 6.07) is 0. The Balaban J connectivity index is 4.19. The van der Waals surface area contributed by atoms with Crippen LogP contribution in [0.4, 0.5) is 0 Å². The van der Waals surface area contributed by atoms with E-state index in [9.17, 15) is 9.90 Å². The molecule has 0 heterocycles. The molecule has 0 amide bonds. The highest BCUT2D eigenvalue weighted by molar-refractivity contribution is 5.78. The molecule has 0 aliphatic carbocycles. The van der Waals surface area contributed by atoms with Gasteiger partial charge in [-0.25, -0.2) is 4.79 Å². The summed E-state index contributed by atoms with van der Waals surface area (Å²) in [7, 11) is 1.29. The van der Waals surface area contributed by atoms with E-state index in [0.717, 1.165) is 6.42 Å². The maximum Gasteiger partial charge on any atom is 0.337 e. The van der Waals surface area contributed by atoms with Crippen molar-refractivity contribution >= 4 is 5.97 Å². The van der Waals surface area contributed by atoms with E-state index in [1.54, 1.807) is 6.92 Å². The van der Waals surface area contributed by atoms with Crippen LogP contribution < -0.4 is 0 Å². The molecule has 1 atom stereocenters. The van der Waals surface area contributed by atoms with E-state index >= 15 is 0 Å². The van der Waals surface area contributed by atoms with E-state index in [1.807, 2.05) is 6.92 Å². The molecule has 3 heteroatoms. The van der Waals surface area contributed by atoms with Gasteiger partial charge < -0.3 is 9.84 Å². The molecule has 1 N–H and O–H groups in total. The Bertz CT molecular complexity index is 133. The number of rotatable bonds is 4. The van der Waals surface area contributed by atoms with Gasteiger partial charge in [0, 0.05) is 0 Å². The molecular weight excluding hydrogens is 144 g/mol. The van der Waals surface area contributed by atoms with Crippen molar-refractivity contribution in [1.29, 1.82) is 0 Å². The first kappa shape index (κ1) is 10.4. The highest BCUT2D eigenvalue weighted by atomic mass is 16.5. The minimum absolute atomic E-state index is 0.410. The van der Waals surface area contributed by atoms with Crippen LogP contribution in [-0.4, -0.2) is 23.8 Å². The lowest BCUT2D eigenvalue weighted by atomic mass is 9.95. The first-order valence-corrected chi connectivity index (χ1v) is 3.91. The van der Waals surface area contributed by atoms with Gasteiger partial charge in [-0.3, -0.25) is 0 Å². The van der Waals surface area contributed by atoms with E-state index in [4.69, 9.17) is 0 Å². The van der Waals surface area contributed by atoms with E-state index in [0.29, 0.717) is 12.8 Å². The van der Waals surface area contributed by atoms with E-state index < -0.39 is 11.6 Å². The van der Waals surface area contributed by atoms with Crippen LogP contribution in [0.15, 0.2) is 0 Å². The Morgan fingerprint density at radius 3 is 2.36 bits per heavy atom. The number of hydrogen-bond donors (Lipinski definition) is 1. The van der Waals surface area contributed by atoms with E-state index in [1.165, 1.54) is 7.11 Å². The number of carbonyl (C=O) groups excluding carboxylic acids is 1. The van der Waals surface area contributed by atoms with Gasteiger partial charge >= 0.3 is 5.97 Å². The molecule has 0 bridgehead atoms. The van der Waals surface area contributed by atoms with Gasteiger partial charge in [-0.05, 0) is 12.8 Å². The molecule has 66 valence electrons. The third-order valence-electron chi connectivity index (χ3n) is 1.81. The quantitative estimate of drug-likeness (QED) is 0.626. The third kappa shape index (κ3) is 2.50. The molecule has 0 fully saturated rings. The summed E-state index contributed by atoms with van der Waals surface area (Å²) in [5.41, 5.74) is -1.26. The van der Waals surface area contributed by atoms with E-state index in [2.05, 4.69) is 4.74 Å². The number of esters is 1. The van der Waals surface area contributed by atoms with Gasteiger partial charge in [0.15, 0.2) is 5.60 Å². The molecule has 0 aromatic heterocycles. The van der Waals surface area contributed by atoms with Crippen molar-refractivity contribution in [3.05, 3.63) is 0 Å². The highest BCUT2D eigenvalue weighted by Crippen LogP contribution is 2.18. The summed E-state index contributed by atoms with van der Waals surface area (Å²) in [6.45, 7) is 3.69. The average molecular weight is 160 g/mol. The minimum atomic E-state index is -1.26. The maximum atomic E-state index is 11.0. The Morgan fingerprint density at radius 1 is 1.55 bits per heavy atom. The van der Waals surface area contributed by atoms with Crippen LogP contribution in [0.1, 0.15) is 33.1 Å². The second-order valence-electron chi connectivity index (χ2n) is 2.63. The summed E-state index contributed by atoms with van der Waals surface area (Å²) in [4.78, 5) is 11.0. The zero-order valence-corrected chi connectivity index (χ0v) is 7.39. The number of methoxy groups -OCH3 is 1. The van der Waals surface area contributed by atoms with Crippen molar-refractivity contribution in [3.63, 3.8) is 0 Å². The Kier molecular flexibility index (Phi) is 4.11. The Morgan fingerprint density at radius 2 is 2.09 bits per heavy atom. The summed E-state index contributed by atoms with van der Waals surface area (Å²) >= 11 is 0. The lowest BCUT2D eigenvalue weighted by molar-refractivity contribution is -0.163. The molecule has 0 aliphatic heterocycles. The molecule has 0 rings (SSSR count). The second-order valence-corrected chi connectivity index (χ2v) is 2.63. The summed E-state index contributed by atoms with van der Waals surface area (Å²) in [5, 5.41) is 9.61. The Labute approximate surface area is 67.4 Å². The topological polar surface area (TPSA) is 46.5 Å². The van der Waals surface area contributed by atoms with E-state index in [-0.39, 0.29) is 0 Å². The van der Waals surface area contributed by atoms with Gasteiger partial charge in [-0.2, -0.15) is 0 Å². The maximum absolute atomic E-state index is 11.0. The Hall–Kier alpha value is -0.570. The summed E-state index contributed by atoms with van der Waals surface area (Å²) in [6.07, 6.45) is 1.66. The highest BCUT2D eigenvalue weighted by Gasteiger charge is 2.33. The van der Waals surface area contributed by atoms with Crippen LogP contribution in [-0.2, 0) is 9.53 Å². The molecule has 11 heavy (non-hydrogen) atoms. The van der Waals surface area contributed by atoms with Gasteiger partial charge in [-0.1, -0.05) is 20.3 Å². The van der Waals surface area contributed by atoms with Crippen LogP contribution in [0, 0.1) is 0 Å². The monoisotopic (exact) mass is 160 g/mol. The zero-order valence-electron chi connectivity index (χ0n) is 7.39. The first-order valence-electron chi connectivity index (χ1n) is 3.91. The van der Waals surface area contributed by atoms with Crippen LogP contribution in [0.5, 0.6) is 0 Å². The molecule has 0 spiro atoms. The molecule has 0 saturated carbocycles. The van der Waals surface area contributed by atoms with Crippen LogP contribution in [0.25, 0.3) is 0 Å². The van der Waals surface area contributed by atoms with Crippen LogP contribution in [0.3, 0.4) is 0 Å². The second kappa shape index (κ2) is 4.34. The SMILES string of the molecule is CCC[C@](O)(CC)C(=O)OC. The standard InChI is InChI=1S/C8H16O3/c1-4-6-8(10,5-2)7(9)11-3/h10H,4-6H2,1-3H3/t8-/m1/s1. The number of ether oxygens (including phenoxy) is 1. The molecule has 0 unspecified atom stereocenters. The van der Waals surface area contributed by atoms with Crippen molar-refractivity contribution in [2.24, 2.45) is 0 Å². The zero-order chi connectivity index (χ0) is 8.91. The summed E-state index contributed by atoms with van der Waals surface area (Å²) < 4.78 is 4.47. The lowest BCUT2D eigenvalue weighted by Gasteiger charge is -2.22. The van der Waals surface area contributed by atoms with Crippen molar-refractivity contribution in [2.75, 3.05) is 7.11 Å². The molecule has 0 saturated heterocycles. The number of hydrogen-bond acceptors (Lipinski definition) is 3. The fourth-order valence-corrected chi connectivity index (χ4v) is 1.03. The predicted molar refractivity (Wildman–Crippen MR) is 42.2 cm³/mol. The predicted octanol–water partition coefficient (Wildman–Crippen LogP) is 1.10. The van der Waals surface area contributed by atoms with Crippen LogP contribution in [0.2, 0.25) is 0 Å². The van der Waals surface area contributed by atoms with Gasteiger partial charge in [0.1, 0.15) is 0 Å². The number of carbonyl (C=O) groups is 1. The normalized spacial score (nSPS) is 15.6. The fourth-order valence-electron chi connectivity index (χ4n) is 1.03. The van der Waals surface area contributed by atoms with Crippen molar-refractivity contribution < 1.29 is 14.6 Å². The van der Waals surface area contributed by atoms with Crippen molar-refractivity contribution in [3.8, 4) is 0 Å². The molecule has 0 aromatic carbocycles. The average Bonchev–Trinajstić information content (AvgIpc) is 2.03. The molecule has 3 nitrogen and oxygen atoms in total. The minimum Gasteiger partial charge on any atom is -0.467 e. The van der Waals surface area contributed by atoms with Gasteiger partial charge in [0.2, 0.25) is 0 Å². The third-order valence-corrected chi connectivity index (χ3v) is 1.81. The smallest absolute Gasteiger partial charge is 0.337 e. The van der Waals surface area contributed by atoms with Gasteiger partial charge in [0.05, 0.1) is 7.11 Å². The van der Waals surface area contributed by atoms with Crippen molar-refractivity contribution in [1.82, 2.24) is 0 Å². The fraction of sp³-hybridized carbons (Fsp3) is 0.875. The largest absolute Gasteiger partial charge is 0.467 e. The number of aliphatic hydroxyl groups is 1. The lowest BCUT2D eigenvalue weighted by Crippen LogP contribution is -2.38. The van der Waals surface area contributed by atoms with Crippen LogP contribution >= 0.6 is 0 Å². The van der Waals surface area contributed by atoms with Crippen molar-refractivity contribution in [2.45, 2.75) is 38.7 Å². The van der Waals surface area contributed by atoms with Gasteiger partial charge in [0.25, 0.3) is 0 Å². The first-order chi connectivity index (χ1) is 5.10. The molecule has 0 aliphatic rings.